The monoisotopic (exact) mass is 337 g/mol. The fourth-order valence-corrected chi connectivity index (χ4v) is 2.21. The van der Waals surface area contributed by atoms with Crippen LogP contribution in [0.1, 0.15) is 19.4 Å². The molecule has 1 aromatic carbocycles. The largest absolute Gasteiger partial charge is 0.497 e. The molecule has 6 heteroatoms. The molecular weight excluding hydrogens is 322 g/mol. The first-order valence-electron chi connectivity index (χ1n) is 6.28. The van der Waals surface area contributed by atoms with E-state index in [0.717, 1.165) is 4.47 Å². The number of carbonyl (C=O) groups is 1. The second-order valence-electron chi connectivity index (χ2n) is 4.28. The van der Waals surface area contributed by atoms with Crippen LogP contribution in [-0.2, 0) is 4.79 Å². The van der Waals surface area contributed by atoms with Gasteiger partial charge in [-0.25, -0.2) is 0 Å². The van der Waals surface area contributed by atoms with Crippen molar-refractivity contribution in [2.24, 2.45) is 0 Å². The van der Waals surface area contributed by atoms with Crippen LogP contribution in [0.4, 0.5) is 5.69 Å². The van der Waals surface area contributed by atoms with Crippen molar-refractivity contribution < 1.29 is 9.53 Å². The molecule has 0 aliphatic rings. The maximum Gasteiger partial charge on any atom is 0.249 e. The first kappa shape index (κ1) is 14.6. The normalized spacial score (nSPS) is 11.9. The summed E-state index contributed by atoms with van der Waals surface area (Å²) in [7, 11) is 1.59. The van der Waals surface area contributed by atoms with Crippen molar-refractivity contribution in [1.82, 2.24) is 9.78 Å². The highest BCUT2D eigenvalue weighted by Crippen LogP contribution is 2.20. The summed E-state index contributed by atoms with van der Waals surface area (Å²) < 4.78 is 7.64. The van der Waals surface area contributed by atoms with Gasteiger partial charge in [0.2, 0.25) is 5.91 Å². The van der Waals surface area contributed by atoms with E-state index in [1.165, 1.54) is 0 Å². The molecule has 0 aliphatic heterocycles. The number of anilines is 1. The molecule has 5 nitrogen and oxygen atoms in total. The van der Waals surface area contributed by atoms with Crippen molar-refractivity contribution in [2.45, 2.75) is 19.4 Å². The Hall–Kier alpha value is -1.82. The molecule has 20 heavy (non-hydrogen) atoms. The maximum absolute atomic E-state index is 12.3. The van der Waals surface area contributed by atoms with Crippen molar-refractivity contribution in [3.8, 4) is 5.75 Å². The predicted molar refractivity (Wildman–Crippen MR) is 80.9 cm³/mol. The Morgan fingerprint density at radius 3 is 2.95 bits per heavy atom. The van der Waals surface area contributed by atoms with E-state index >= 15 is 0 Å². The topological polar surface area (TPSA) is 56.1 Å². The molecule has 0 radical (unpaired) electrons. The van der Waals surface area contributed by atoms with Crippen LogP contribution in [0, 0.1) is 0 Å². The number of carbonyl (C=O) groups excluding carboxylic acids is 1. The van der Waals surface area contributed by atoms with E-state index in [1.807, 2.05) is 25.1 Å². The molecule has 1 unspecified atom stereocenters. The Bertz CT molecular complexity index is 598. The van der Waals surface area contributed by atoms with Gasteiger partial charge in [0, 0.05) is 18.0 Å². The summed E-state index contributed by atoms with van der Waals surface area (Å²) in [4.78, 5) is 12.3. The lowest BCUT2D eigenvalue weighted by Gasteiger charge is -2.15. The van der Waals surface area contributed by atoms with Crippen molar-refractivity contribution in [2.75, 3.05) is 12.4 Å². The maximum atomic E-state index is 12.3. The highest BCUT2D eigenvalue weighted by Gasteiger charge is 2.19. The Labute approximate surface area is 126 Å². The Kier molecular flexibility index (Phi) is 4.79. The van der Waals surface area contributed by atoms with Crippen LogP contribution in [0.25, 0.3) is 0 Å². The number of benzene rings is 1. The first-order valence-corrected chi connectivity index (χ1v) is 7.08. The van der Waals surface area contributed by atoms with Crippen LogP contribution in [0.2, 0.25) is 0 Å². The van der Waals surface area contributed by atoms with Crippen molar-refractivity contribution in [1.29, 1.82) is 0 Å². The summed E-state index contributed by atoms with van der Waals surface area (Å²) in [6.07, 6.45) is 4.12. The molecule has 0 aliphatic carbocycles. The smallest absolute Gasteiger partial charge is 0.249 e. The van der Waals surface area contributed by atoms with Crippen LogP contribution in [0.15, 0.2) is 41.1 Å². The fourth-order valence-electron chi connectivity index (χ4n) is 1.90. The van der Waals surface area contributed by atoms with E-state index in [9.17, 15) is 4.79 Å². The molecule has 1 atom stereocenters. The average molecular weight is 338 g/mol. The van der Waals surface area contributed by atoms with E-state index in [1.54, 1.807) is 30.3 Å². The molecule has 2 rings (SSSR count). The molecule has 0 saturated carbocycles. The van der Waals surface area contributed by atoms with Gasteiger partial charge in [-0.1, -0.05) is 13.0 Å². The van der Waals surface area contributed by atoms with Gasteiger partial charge >= 0.3 is 0 Å². The molecule has 1 heterocycles. The van der Waals surface area contributed by atoms with Crippen molar-refractivity contribution >= 4 is 27.5 Å². The molecule has 0 fully saturated rings. The van der Waals surface area contributed by atoms with Crippen LogP contribution in [0.5, 0.6) is 5.75 Å². The second kappa shape index (κ2) is 6.56. The number of rotatable bonds is 5. The summed E-state index contributed by atoms with van der Waals surface area (Å²) >= 11 is 3.33. The Morgan fingerprint density at radius 1 is 1.55 bits per heavy atom. The molecule has 0 spiro atoms. The highest BCUT2D eigenvalue weighted by atomic mass is 79.9. The molecule has 0 saturated heterocycles. The number of methoxy groups -OCH3 is 1. The van der Waals surface area contributed by atoms with Crippen LogP contribution in [-0.4, -0.2) is 22.8 Å². The van der Waals surface area contributed by atoms with Crippen molar-refractivity contribution in [3.05, 3.63) is 41.1 Å². The van der Waals surface area contributed by atoms with Crippen LogP contribution < -0.4 is 10.1 Å². The zero-order valence-electron chi connectivity index (χ0n) is 11.3. The van der Waals surface area contributed by atoms with Crippen molar-refractivity contribution in [3.63, 3.8) is 0 Å². The second-order valence-corrected chi connectivity index (χ2v) is 5.20. The summed E-state index contributed by atoms with van der Waals surface area (Å²) in [5.41, 5.74) is 0.707. The standard InChI is InChI=1S/C14H16BrN3O2/c1-3-13(18-9-10(15)8-16-18)14(19)17-11-5-4-6-12(7-11)20-2/h4-9,13H,3H2,1-2H3,(H,17,19). The Balaban J connectivity index is 2.13. The van der Waals surface area contributed by atoms with Gasteiger partial charge in [0.1, 0.15) is 11.8 Å². The molecule has 1 N–H and O–H groups in total. The third-order valence-corrected chi connectivity index (χ3v) is 3.33. The number of ether oxygens (including phenoxy) is 1. The van der Waals surface area contributed by atoms with Gasteiger partial charge in [-0.15, -0.1) is 0 Å². The minimum Gasteiger partial charge on any atom is -0.497 e. The number of amides is 1. The lowest BCUT2D eigenvalue weighted by atomic mass is 10.2. The minimum atomic E-state index is -0.340. The predicted octanol–water partition coefficient (Wildman–Crippen LogP) is 3.24. The molecule has 2 aromatic rings. The number of aromatic nitrogens is 2. The summed E-state index contributed by atoms with van der Waals surface area (Å²) in [6.45, 7) is 1.95. The Morgan fingerprint density at radius 2 is 2.35 bits per heavy atom. The van der Waals surface area contributed by atoms with E-state index in [2.05, 4.69) is 26.3 Å². The van der Waals surface area contributed by atoms with Gasteiger partial charge in [-0.3, -0.25) is 9.48 Å². The molecule has 1 amide bonds. The van der Waals surface area contributed by atoms with Crippen LogP contribution in [0.3, 0.4) is 0 Å². The zero-order valence-corrected chi connectivity index (χ0v) is 12.9. The molecule has 0 bridgehead atoms. The number of hydrogen-bond acceptors (Lipinski definition) is 3. The van der Waals surface area contributed by atoms with Gasteiger partial charge < -0.3 is 10.1 Å². The molecule has 1 aromatic heterocycles. The van der Waals surface area contributed by atoms with Crippen LogP contribution >= 0.6 is 15.9 Å². The third kappa shape index (κ3) is 3.39. The number of nitrogens with zero attached hydrogens (tertiary/aromatic N) is 2. The van der Waals surface area contributed by atoms with Gasteiger partial charge in [-0.2, -0.15) is 5.10 Å². The van der Waals surface area contributed by atoms with Gasteiger partial charge in [-0.05, 0) is 34.5 Å². The number of nitrogens with one attached hydrogen (secondary N) is 1. The quantitative estimate of drug-likeness (QED) is 0.911. The third-order valence-electron chi connectivity index (χ3n) is 2.92. The van der Waals surface area contributed by atoms with E-state index < -0.39 is 0 Å². The zero-order chi connectivity index (χ0) is 14.5. The van der Waals surface area contributed by atoms with Gasteiger partial charge in [0.15, 0.2) is 0 Å². The number of hydrogen-bond donors (Lipinski definition) is 1. The summed E-state index contributed by atoms with van der Waals surface area (Å²) in [5.74, 6) is 0.606. The molecule has 106 valence electrons. The minimum absolute atomic E-state index is 0.101. The lowest BCUT2D eigenvalue weighted by Crippen LogP contribution is -2.25. The lowest BCUT2D eigenvalue weighted by molar-refractivity contribution is -0.119. The van der Waals surface area contributed by atoms with E-state index in [0.29, 0.717) is 17.9 Å². The number of halogens is 1. The summed E-state index contributed by atoms with van der Waals surface area (Å²) in [5, 5.41) is 7.05. The average Bonchev–Trinajstić information content (AvgIpc) is 2.86. The SMILES string of the molecule is CCC(C(=O)Nc1cccc(OC)c1)n1cc(Br)cn1. The highest BCUT2D eigenvalue weighted by molar-refractivity contribution is 9.10. The first-order chi connectivity index (χ1) is 9.63. The van der Waals surface area contributed by atoms with Gasteiger partial charge in [0.25, 0.3) is 0 Å². The summed E-state index contributed by atoms with van der Waals surface area (Å²) in [6, 6.07) is 6.93. The fraction of sp³-hybridized carbons (Fsp3) is 0.286. The van der Waals surface area contributed by atoms with E-state index in [-0.39, 0.29) is 11.9 Å². The van der Waals surface area contributed by atoms with E-state index in [4.69, 9.17) is 4.74 Å². The molecular formula is C14H16BrN3O2. The van der Waals surface area contributed by atoms with Gasteiger partial charge in [0.05, 0.1) is 17.8 Å².